The van der Waals surface area contributed by atoms with Crippen molar-refractivity contribution in [2.75, 3.05) is 12.9 Å². The largest absolute Gasteiger partial charge is 0.468 e. The van der Waals surface area contributed by atoms with Gasteiger partial charge in [0.1, 0.15) is 0 Å². The van der Waals surface area contributed by atoms with Crippen LogP contribution in [0.4, 0.5) is 0 Å². The summed E-state index contributed by atoms with van der Waals surface area (Å²) in [5.74, 6) is 0.796. The van der Waals surface area contributed by atoms with Crippen LogP contribution in [0, 0.1) is 11.8 Å². The third kappa shape index (κ3) is 3.59. The van der Waals surface area contributed by atoms with E-state index in [1.54, 1.807) is 0 Å². The molecule has 0 aliphatic heterocycles. The Hall–Kier alpha value is -1.82. The van der Waals surface area contributed by atoms with Gasteiger partial charge in [0.2, 0.25) is 0 Å². The van der Waals surface area contributed by atoms with Crippen molar-refractivity contribution in [1.82, 2.24) is 9.55 Å². The van der Waals surface area contributed by atoms with Crippen molar-refractivity contribution >= 4 is 28.6 Å². The average Bonchev–Trinajstić information content (AvgIpc) is 2.62. The number of aromatic nitrogens is 2. The van der Waals surface area contributed by atoms with Gasteiger partial charge in [-0.3, -0.25) is 14.2 Å². The molecule has 0 unspecified atom stereocenters. The lowest BCUT2D eigenvalue weighted by atomic mass is 9.78. The number of hydrogen-bond donors (Lipinski definition) is 0. The maximum atomic E-state index is 13.2. The Morgan fingerprint density at radius 2 is 2.08 bits per heavy atom. The molecule has 0 saturated heterocycles. The smallest absolute Gasteiger partial charge is 0.316 e. The normalized spacial score (nSPS) is 23.6. The number of esters is 1. The maximum Gasteiger partial charge on any atom is 0.316 e. The van der Waals surface area contributed by atoms with Gasteiger partial charge in [-0.15, -0.1) is 0 Å². The molecular weight excluding hydrogens is 336 g/mol. The average molecular weight is 360 g/mol. The van der Waals surface area contributed by atoms with Crippen LogP contribution in [0.2, 0.25) is 0 Å². The lowest BCUT2D eigenvalue weighted by molar-refractivity contribution is -0.137. The van der Waals surface area contributed by atoms with Gasteiger partial charge in [-0.25, -0.2) is 4.98 Å². The minimum atomic E-state index is -0.316. The monoisotopic (exact) mass is 360 g/mol. The summed E-state index contributed by atoms with van der Waals surface area (Å²) in [6.07, 6.45) is 3.27. The predicted molar refractivity (Wildman–Crippen MR) is 100.0 cm³/mol. The summed E-state index contributed by atoms with van der Waals surface area (Å²) in [6, 6.07) is 7.53. The van der Waals surface area contributed by atoms with Gasteiger partial charge in [-0.2, -0.15) is 0 Å². The summed E-state index contributed by atoms with van der Waals surface area (Å²) in [5, 5.41) is 1.25. The van der Waals surface area contributed by atoms with E-state index in [2.05, 4.69) is 13.8 Å². The molecule has 25 heavy (non-hydrogen) atoms. The van der Waals surface area contributed by atoms with Gasteiger partial charge < -0.3 is 4.74 Å². The van der Waals surface area contributed by atoms with E-state index in [0.29, 0.717) is 27.9 Å². The molecule has 1 aliphatic carbocycles. The Morgan fingerprint density at radius 1 is 1.32 bits per heavy atom. The van der Waals surface area contributed by atoms with Gasteiger partial charge >= 0.3 is 5.97 Å². The van der Waals surface area contributed by atoms with Crippen LogP contribution < -0.4 is 5.56 Å². The summed E-state index contributed by atoms with van der Waals surface area (Å²) in [6.45, 7) is 4.46. The number of carbonyl (C=O) groups is 1. The number of rotatable bonds is 4. The number of benzene rings is 1. The van der Waals surface area contributed by atoms with E-state index in [0.717, 1.165) is 12.8 Å². The zero-order valence-corrected chi connectivity index (χ0v) is 15.7. The standard InChI is InChI=1S/C19H24N2O3S/c1-12-7-6-10-16(13(12)2)21-18(23)14-8-4-5-9-15(14)20-19(21)25-11-17(22)24-3/h4-5,8-9,12-13,16H,6-7,10-11H2,1-3H3/t12-,13+,16+/m0/s1. The Morgan fingerprint density at radius 3 is 2.84 bits per heavy atom. The molecule has 6 heteroatoms. The molecule has 0 spiro atoms. The van der Waals surface area contributed by atoms with E-state index < -0.39 is 0 Å². The number of ether oxygens (including phenoxy) is 1. The fraction of sp³-hybridized carbons (Fsp3) is 0.526. The number of thioether (sulfide) groups is 1. The van der Waals surface area contributed by atoms with Gasteiger partial charge in [0.25, 0.3) is 5.56 Å². The number of nitrogens with zero attached hydrogens (tertiary/aromatic N) is 2. The molecule has 1 saturated carbocycles. The van der Waals surface area contributed by atoms with Crippen molar-refractivity contribution in [2.45, 2.75) is 44.3 Å². The minimum absolute atomic E-state index is 0.0103. The molecule has 0 amide bonds. The van der Waals surface area contributed by atoms with Crippen LogP contribution in [0.1, 0.15) is 39.2 Å². The van der Waals surface area contributed by atoms with Gasteiger partial charge in [0.15, 0.2) is 5.16 Å². The summed E-state index contributed by atoms with van der Waals surface area (Å²) >= 11 is 1.28. The zero-order chi connectivity index (χ0) is 18.0. The minimum Gasteiger partial charge on any atom is -0.468 e. The second-order valence-corrected chi connectivity index (χ2v) is 7.73. The third-order valence-electron chi connectivity index (χ3n) is 5.32. The van der Waals surface area contributed by atoms with Gasteiger partial charge in [0.05, 0.1) is 23.8 Å². The summed E-state index contributed by atoms with van der Waals surface area (Å²) in [5.41, 5.74) is 0.663. The van der Waals surface area contributed by atoms with Crippen LogP contribution in [-0.4, -0.2) is 28.4 Å². The first-order valence-corrected chi connectivity index (χ1v) is 9.72. The highest BCUT2D eigenvalue weighted by Gasteiger charge is 2.31. The summed E-state index contributed by atoms with van der Waals surface area (Å²) in [7, 11) is 1.37. The molecule has 0 bridgehead atoms. The van der Waals surface area contributed by atoms with Crippen LogP contribution in [0.25, 0.3) is 10.9 Å². The van der Waals surface area contributed by atoms with Crippen LogP contribution >= 0.6 is 11.8 Å². The number of para-hydroxylation sites is 1. The molecule has 3 rings (SSSR count). The molecule has 2 aromatic rings. The molecule has 1 aromatic heterocycles. The SMILES string of the molecule is COC(=O)CSc1nc2ccccc2c(=O)n1[C@@H]1CCC[C@H](C)[C@H]1C. The fourth-order valence-electron chi connectivity index (χ4n) is 3.62. The first kappa shape index (κ1) is 18.0. The third-order valence-corrected chi connectivity index (χ3v) is 6.24. The lowest BCUT2D eigenvalue weighted by Gasteiger charge is -2.36. The molecule has 0 N–H and O–H groups in total. The van der Waals surface area contributed by atoms with Gasteiger partial charge in [-0.05, 0) is 30.4 Å². The van der Waals surface area contributed by atoms with Crippen molar-refractivity contribution in [3.05, 3.63) is 34.6 Å². The van der Waals surface area contributed by atoms with E-state index in [4.69, 9.17) is 9.72 Å². The first-order valence-electron chi connectivity index (χ1n) is 8.73. The summed E-state index contributed by atoms with van der Waals surface area (Å²) < 4.78 is 6.57. The highest BCUT2D eigenvalue weighted by atomic mass is 32.2. The quantitative estimate of drug-likeness (QED) is 0.473. The number of fused-ring (bicyclic) bond motifs is 1. The van der Waals surface area contributed by atoms with E-state index in [1.807, 2.05) is 28.8 Å². The molecule has 3 atom stereocenters. The maximum absolute atomic E-state index is 13.2. The summed E-state index contributed by atoms with van der Waals surface area (Å²) in [4.78, 5) is 29.5. The predicted octanol–water partition coefficient (Wildman–Crippen LogP) is 3.66. The highest BCUT2D eigenvalue weighted by molar-refractivity contribution is 7.99. The highest BCUT2D eigenvalue weighted by Crippen LogP contribution is 2.38. The molecule has 1 aromatic carbocycles. The van der Waals surface area contributed by atoms with Crippen LogP contribution in [-0.2, 0) is 9.53 Å². The molecule has 1 aliphatic rings. The topological polar surface area (TPSA) is 61.2 Å². The Kier molecular flexibility index (Phi) is 5.47. The van der Waals surface area contributed by atoms with E-state index in [-0.39, 0.29) is 23.3 Å². The Labute approximate surface area is 151 Å². The lowest BCUT2D eigenvalue weighted by Crippen LogP contribution is -2.35. The number of hydrogen-bond acceptors (Lipinski definition) is 5. The number of carbonyl (C=O) groups excluding carboxylic acids is 1. The van der Waals surface area contributed by atoms with E-state index in [9.17, 15) is 9.59 Å². The van der Waals surface area contributed by atoms with E-state index >= 15 is 0 Å². The molecule has 1 fully saturated rings. The molecule has 134 valence electrons. The van der Waals surface area contributed by atoms with Crippen LogP contribution in [0.3, 0.4) is 0 Å². The van der Waals surface area contributed by atoms with Gasteiger partial charge in [0, 0.05) is 6.04 Å². The second-order valence-electron chi connectivity index (χ2n) is 6.79. The van der Waals surface area contributed by atoms with E-state index in [1.165, 1.54) is 25.3 Å². The first-order chi connectivity index (χ1) is 12.0. The fourth-order valence-corrected chi connectivity index (χ4v) is 4.51. The van der Waals surface area contributed by atoms with Gasteiger partial charge in [-0.1, -0.05) is 50.6 Å². The molecular formula is C19H24N2O3S. The second kappa shape index (κ2) is 7.60. The van der Waals surface area contributed by atoms with Crippen molar-refractivity contribution < 1.29 is 9.53 Å². The molecule has 5 nitrogen and oxygen atoms in total. The van der Waals surface area contributed by atoms with Crippen molar-refractivity contribution in [3.63, 3.8) is 0 Å². The van der Waals surface area contributed by atoms with Crippen molar-refractivity contribution in [1.29, 1.82) is 0 Å². The molecule has 1 heterocycles. The zero-order valence-electron chi connectivity index (χ0n) is 14.9. The molecule has 0 radical (unpaired) electrons. The Balaban J connectivity index is 2.11. The van der Waals surface area contributed by atoms with Crippen LogP contribution in [0.5, 0.6) is 0 Å². The van der Waals surface area contributed by atoms with Crippen molar-refractivity contribution in [3.8, 4) is 0 Å². The van der Waals surface area contributed by atoms with Crippen molar-refractivity contribution in [2.24, 2.45) is 11.8 Å². The van der Waals surface area contributed by atoms with Crippen LogP contribution in [0.15, 0.2) is 34.2 Å². The number of methoxy groups -OCH3 is 1. The Bertz CT molecular complexity index is 833.